The van der Waals surface area contributed by atoms with Crippen LogP contribution in [0.1, 0.15) is 56.3 Å². The molecule has 0 amide bonds. The van der Waals surface area contributed by atoms with Crippen molar-refractivity contribution in [2.75, 3.05) is 52.4 Å². The van der Waals surface area contributed by atoms with Crippen LogP contribution in [0.3, 0.4) is 0 Å². The Labute approximate surface area is 206 Å². The zero-order valence-corrected chi connectivity index (χ0v) is 21.7. The van der Waals surface area contributed by atoms with Crippen molar-refractivity contribution in [3.8, 4) is 0 Å². The lowest BCUT2D eigenvalue weighted by atomic mass is 9.89. The van der Waals surface area contributed by atoms with Crippen LogP contribution >= 0.6 is 24.0 Å². The monoisotopic (exact) mass is 540 g/mol. The minimum absolute atomic E-state index is 0. The number of aliphatic imine (C=N–C) groups is 1. The van der Waals surface area contributed by atoms with E-state index in [0.717, 1.165) is 51.1 Å². The Morgan fingerprint density at radius 2 is 1.87 bits per heavy atom. The highest BCUT2D eigenvalue weighted by Crippen LogP contribution is 2.34. The molecule has 3 heterocycles. The van der Waals surface area contributed by atoms with Gasteiger partial charge in [0.15, 0.2) is 5.96 Å². The van der Waals surface area contributed by atoms with Crippen molar-refractivity contribution in [3.05, 3.63) is 35.4 Å². The Kier molecular flexibility index (Phi) is 9.91. The van der Waals surface area contributed by atoms with Crippen molar-refractivity contribution in [3.63, 3.8) is 0 Å². The molecular formula is C25H41IN4O. The van der Waals surface area contributed by atoms with E-state index < -0.39 is 0 Å². The van der Waals surface area contributed by atoms with Gasteiger partial charge in [-0.1, -0.05) is 29.8 Å². The standard InChI is InChI=1S/C25H40N4O.HI/c1-3-26-25(29-15-12-21(19-29)18-28-13-4-5-14-28)27-17-23-7-6-16-30-24(23)22-10-8-20(2)9-11-22;/h8-11,21,23-24H,3-7,12-19H2,1-2H3,(H,26,27);1H. The molecule has 31 heavy (non-hydrogen) atoms. The number of hydrogen-bond donors (Lipinski definition) is 1. The number of ether oxygens (including phenoxy) is 1. The van der Waals surface area contributed by atoms with Gasteiger partial charge in [-0.05, 0) is 70.5 Å². The lowest BCUT2D eigenvalue weighted by Gasteiger charge is -2.32. The molecule has 1 aromatic carbocycles. The van der Waals surface area contributed by atoms with E-state index in [0.29, 0.717) is 5.92 Å². The molecule has 0 aliphatic carbocycles. The third-order valence-corrected chi connectivity index (χ3v) is 6.96. The predicted octanol–water partition coefficient (Wildman–Crippen LogP) is 4.46. The van der Waals surface area contributed by atoms with Crippen molar-refractivity contribution in [1.82, 2.24) is 15.1 Å². The first kappa shape index (κ1) is 24.8. The summed E-state index contributed by atoms with van der Waals surface area (Å²) in [5.41, 5.74) is 2.61. The Morgan fingerprint density at radius 3 is 2.61 bits per heavy atom. The maximum Gasteiger partial charge on any atom is 0.193 e. The molecule has 3 unspecified atom stereocenters. The normalized spacial score (nSPS) is 27.4. The number of benzene rings is 1. The molecule has 0 saturated carbocycles. The van der Waals surface area contributed by atoms with Gasteiger partial charge in [-0.15, -0.1) is 24.0 Å². The topological polar surface area (TPSA) is 40.1 Å². The van der Waals surface area contributed by atoms with E-state index in [2.05, 4.69) is 53.2 Å². The van der Waals surface area contributed by atoms with Crippen molar-refractivity contribution in [2.24, 2.45) is 16.8 Å². The summed E-state index contributed by atoms with van der Waals surface area (Å²) < 4.78 is 6.22. The quantitative estimate of drug-likeness (QED) is 0.329. The van der Waals surface area contributed by atoms with E-state index in [1.807, 2.05) is 0 Å². The second-order valence-electron chi connectivity index (χ2n) is 9.41. The van der Waals surface area contributed by atoms with Crippen molar-refractivity contribution < 1.29 is 4.74 Å². The van der Waals surface area contributed by atoms with Crippen molar-refractivity contribution >= 4 is 29.9 Å². The van der Waals surface area contributed by atoms with Gasteiger partial charge in [0.1, 0.15) is 0 Å². The highest BCUT2D eigenvalue weighted by atomic mass is 127. The molecule has 0 aromatic heterocycles. The lowest BCUT2D eigenvalue weighted by molar-refractivity contribution is -0.0250. The Hall–Kier alpha value is -0.860. The fraction of sp³-hybridized carbons (Fsp3) is 0.720. The van der Waals surface area contributed by atoms with Gasteiger partial charge in [-0.25, -0.2) is 0 Å². The van der Waals surface area contributed by atoms with Crippen LogP contribution in [-0.2, 0) is 4.74 Å². The first-order valence-corrected chi connectivity index (χ1v) is 12.2. The molecule has 3 fully saturated rings. The van der Waals surface area contributed by atoms with E-state index in [4.69, 9.17) is 9.73 Å². The number of halogens is 1. The summed E-state index contributed by atoms with van der Waals surface area (Å²) in [6.07, 6.45) is 6.56. The van der Waals surface area contributed by atoms with Crippen LogP contribution < -0.4 is 5.32 Å². The van der Waals surface area contributed by atoms with Crippen LogP contribution in [0.5, 0.6) is 0 Å². The maximum absolute atomic E-state index is 6.22. The smallest absolute Gasteiger partial charge is 0.193 e. The van der Waals surface area contributed by atoms with E-state index in [1.54, 1.807) is 0 Å². The highest BCUT2D eigenvalue weighted by Gasteiger charge is 2.30. The summed E-state index contributed by atoms with van der Waals surface area (Å²) in [7, 11) is 0. The van der Waals surface area contributed by atoms with Gasteiger partial charge in [0.05, 0.1) is 6.10 Å². The largest absolute Gasteiger partial charge is 0.373 e. The van der Waals surface area contributed by atoms with Gasteiger partial charge in [0.2, 0.25) is 0 Å². The summed E-state index contributed by atoms with van der Waals surface area (Å²) in [4.78, 5) is 10.3. The maximum atomic E-state index is 6.22. The molecule has 3 aliphatic rings. The molecule has 0 bridgehead atoms. The van der Waals surface area contributed by atoms with Crippen LogP contribution in [0.15, 0.2) is 29.3 Å². The zero-order valence-electron chi connectivity index (χ0n) is 19.4. The fourth-order valence-corrected chi connectivity index (χ4v) is 5.29. The molecule has 0 spiro atoms. The highest BCUT2D eigenvalue weighted by molar-refractivity contribution is 14.0. The predicted molar refractivity (Wildman–Crippen MR) is 139 cm³/mol. The number of rotatable bonds is 6. The number of nitrogens with one attached hydrogen (secondary N) is 1. The number of guanidine groups is 1. The zero-order chi connectivity index (χ0) is 20.8. The van der Waals surface area contributed by atoms with Crippen molar-refractivity contribution in [1.29, 1.82) is 0 Å². The number of hydrogen-bond acceptors (Lipinski definition) is 3. The molecule has 5 nitrogen and oxygen atoms in total. The molecular weight excluding hydrogens is 499 g/mol. The average Bonchev–Trinajstić information content (AvgIpc) is 3.45. The summed E-state index contributed by atoms with van der Waals surface area (Å²) in [5.74, 6) is 2.35. The van der Waals surface area contributed by atoms with E-state index in [1.165, 1.54) is 56.4 Å². The Bertz CT molecular complexity index is 689. The molecule has 4 rings (SSSR count). The first-order valence-electron chi connectivity index (χ1n) is 12.2. The molecule has 6 heteroatoms. The average molecular weight is 541 g/mol. The molecule has 3 aliphatic heterocycles. The van der Waals surface area contributed by atoms with Crippen LogP contribution in [0.2, 0.25) is 0 Å². The van der Waals surface area contributed by atoms with Gasteiger partial charge in [-0.3, -0.25) is 4.99 Å². The van der Waals surface area contributed by atoms with E-state index in [-0.39, 0.29) is 30.1 Å². The fourth-order valence-electron chi connectivity index (χ4n) is 5.29. The summed E-state index contributed by atoms with van der Waals surface area (Å²) in [5, 5.41) is 3.56. The summed E-state index contributed by atoms with van der Waals surface area (Å²) in [6.45, 7) is 13.1. The Morgan fingerprint density at radius 1 is 1.10 bits per heavy atom. The van der Waals surface area contributed by atoms with Gasteiger partial charge in [0.25, 0.3) is 0 Å². The minimum Gasteiger partial charge on any atom is -0.373 e. The Balaban J connectivity index is 0.00000272. The van der Waals surface area contributed by atoms with Gasteiger partial charge >= 0.3 is 0 Å². The van der Waals surface area contributed by atoms with E-state index in [9.17, 15) is 0 Å². The van der Waals surface area contributed by atoms with Gasteiger partial charge < -0.3 is 19.9 Å². The van der Waals surface area contributed by atoms with Crippen LogP contribution in [0.4, 0.5) is 0 Å². The number of aryl methyl sites for hydroxylation is 1. The third-order valence-electron chi connectivity index (χ3n) is 6.96. The first-order chi connectivity index (χ1) is 14.7. The lowest BCUT2D eigenvalue weighted by Crippen LogP contribution is -2.41. The number of nitrogens with zero attached hydrogens (tertiary/aromatic N) is 3. The molecule has 3 saturated heterocycles. The molecule has 3 atom stereocenters. The van der Waals surface area contributed by atoms with Crippen LogP contribution in [0, 0.1) is 18.8 Å². The summed E-state index contributed by atoms with van der Waals surface area (Å²) in [6, 6.07) is 8.86. The van der Waals surface area contributed by atoms with Gasteiger partial charge in [0, 0.05) is 45.2 Å². The van der Waals surface area contributed by atoms with Crippen LogP contribution in [-0.4, -0.2) is 68.2 Å². The van der Waals surface area contributed by atoms with Crippen molar-refractivity contribution in [2.45, 2.75) is 52.1 Å². The minimum atomic E-state index is 0. The summed E-state index contributed by atoms with van der Waals surface area (Å²) >= 11 is 0. The molecule has 1 N–H and O–H groups in total. The molecule has 174 valence electrons. The van der Waals surface area contributed by atoms with E-state index >= 15 is 0 Å². The molecule has 1 aromatic rings. The van der Waals surface area contributed by atoms with Crippen LogP contribution in [0.25, 0.3) is 0 Å². The third kappa shape index (κ3) is 6.81. The van der Waals surface area contributed by atoms with Gasteiger partial charge in [-0.2, -0.15) is 0 Å². The molecule has 0 radical (unpaired) electrons. The number of likely N-dealkylation sites (tertiary alicyclic amines) is 2. The second kappa shape index (κ2) is 12.4. The second-order valence-corrected chi connectivity index (χ2v) is 9.41. The SMILES string of the molecule is CCNC(=NCC1CCCOC1c1ccc(C)cc1)N1CCC(CN2CCCC2)C1.I.